The van der Waals surface area contributed by atoms with E-state index in [0.717, 1.165) is 16.9 Å². The van der Waals surface area contributed by atoms with Gasteiger partial charge in [-0.25, -0.2) is 0 Å². The zero-order valence-corrected chi connectivity index (χ0v) is 12.1. The number of hydrogen-bond donors (Lipinski definition) is 1. The lowest BCUT2D eigenvalue weighted by atomic mass is 9.83. The second-order valence-electron chi connectivity index (χ2n) is 4.98. The lowest BCUT2D eigenvalue weighted by molar-refractivity contribution is -0.118. The van der Waals surface area contributed by atoms with Crippen LogP contribution in [0.4, 0.5) is 0 Å². The van der Waals surface area contributed by atoms with Gasteiger partial charge in [-0.2, -0.15) is 0 Å². The molecular weight excluding hydrogens is 250 g/mol. The van der Waals surface area contributed by atoms with E-state index in [1.54, 1.807) is 7.11 Å². The Morgan fingerprint density at radius 3 is 2.61 bits per heavy atom. The van der Waals surface area contributed by atoms with Crippen LogP contribution < -0.4 is 10.1 Å². The maximum atomic E-state index is 11.2. The van der Waals surface area contributed by atoms with Crippen molar-refractivity contribution in [2.24, 2.45) is 0 Å². The molecule has 0 atom stereocenters. The first kappa shape index (κ1) is 14.8. The maximum absolute atomic E-state index is 11.2. The van der Waals surface area contributed by atoms with Gasteiger partial charge in [-0.3, -0.25) is 4.79 Å². The third kappa shape index (κ3) is 3.64. The van der Waals surface area contributed by atoms with Gasteiger partial charge < -0.3 is 10.1 Å². The summed E-state index contributed by atoms with van der Waals surface area (Å²) in [5.74, 6) is 0.729. The first-order valence-electron chi connectivity index (χ1n) is 5.88. The van der Waals surface area contributed by atoms with Crippen LogP contribution in [-0.4, -0.2) is 25.4 Å². The monoisotopic (exact) mass is 269 g/mol. The molecule has 1 amide bonds. The topological polar surface area (TPSA) is 38.3 Å². The summed E-state index contributed by atoms with van der Waals surface area (Å²) >= 11 is 5.46. The molecular formula is C14H20ClNO2. The second kappa shape index (κ2) is 6.10. The van der Waals surface area contributed by atoms with Crippen molar-refractivity contribution in [2.75, 3.05) is 19.5 Å². The smallest absolute Gasteiger partial charge is 0.234 e. The summed E-state index contributed by atoms with van der Waals surface area (Å²) in [5, 5.41) is 2.82. The van der Waals surface area contributed by atoms with Crippen LogP contribution in [0, 0.1) is 6.92 Å². The highest BCUT2D eigenvalue weighted by atomic mass is 35.5. The summed E-state index contributed by atoms with van der Waals surface area (Å²) < 4.78 is 5.24. The van der Waals surface area contributed by atoms with Gasteiger partial charge >= 0.3 is 0 Å². The van der Waals surface area contributed by atoms with Crippen molar-refractivity contribution in [3.63, 3.8) is 0 Å². The number of benzene rings is 1. The predicted octanol–water partition coefficient (Wildman–Crippen LogP) is 2.64. The van der Waals surface area contributed by atoms with E-state index >= 15 is 0 Å². The van der Waals surface area contributed by atoms with Gasteiger partial charge in [0.15, 0.2) is 0 Å². The van der Waals surface area contributed by atoms with E-state index in [1.165, 1.54) is 0 Å². The molecule has 0 unspecified atom stereocenters. The number of ether oxygens (including phenoxy) is 1. The minimum atomic E-state index is -0.144. The van der Waals surface area contributed by atoms with Crippen LogP contribution in [0.25, 0.3) is 0 Å². The first-order chi connectivity index (χ1) is 8.40. The van der Waals surface area contributed by atoms with Gasteiger partial charge in [-0.15, -0.1) is 11.6 Å². The van der Waals surface area contributed by atoms with Gasteiger partial charge in [-0.1, -0.05) is 26.0 Å². The molecule has 1 aromatic carbocycles. The van der Waals surface area contributed by atoms with Gasteiger partial charge in [0.2, 0.25) is 5.91 Å². The number of nitrogens with one attached hydrogen (secondary N) is 1. The summed E-state index contributed by atoms with van der Waals surface area (Å²) in [6.45, 7) is 6.74. The molecule has 0 heterocycles. The summed E-state index contributed by atoms with van der Waals surface area (Å²) in [6.07, 6.45) is 0. The van der Waals surface area contributed by atoms with Gasteiger partial charge in [0.05, 0.1) is 7.11 Å². The number of aryl methyl sites for hydroxylation is 1. The molecule has 0 radical (unpaired) electrons. The molecule has 0 fully saturated rings. The molecule has 18 heavy (non-hydrogen) atoms. The number of carbonyl (C=O) groups excluding carboxylic acids is 1. The zero-order chi connectivity index (χ0) is 13.8. The summed E-state index contributed by atoms with van der Waals surface area (Å²) in [4.78, 5) is 11.2. The highest BCUT2D eigenvalue weighted by molar-refractivity contribution is 6.27. The van der Waals surface area contributed by atoms with Gasteiger partial charge in [-0.05, 0) is 24.1 Å². The normalized spacial score (nSPS) is 11.2. The molecule has 1 aromatic rings. The zero-order valence-electron chi connectivity index (χ0n) is 11.3. The van der Waals surface area contributed by atoms with Crippen molar-refractivity contribution in [1.29, 1.82) is 0 Å². The quantitative estimate of drug-likeness (QED) is 0.835. The number of carbonyl (C=O) groups is 1. The van der Waals surface area contributed by atoms with E-state index in [2.05, 4.69) is 25.2 Å². The van der Waals surface area contributed by atoms with Crippen LogP contribution in [0.2, 0.25) is 0 Å². The minimum absolute atomic E-state index is 0.00226. The van der Waals surface area contributed by atoms with Crippen molar-refractivity contribution in [3.05, 3.63) is 29.3 Å². The van der Waals surface area contributed by atoms with Crippen molar-refractivity contribution in [3.8, 4) is 5.75 Å². The summed E-state index contributed by atoms with van der Waals surface area (Å²) in [7, 11) is 1.66. The first-order valence-corrected chi connectivity index (χ1v) is 6.42. The fourth-order valence-corrected chi connectivity index (χ4v) is 1.86. The van der Waals surface area contributed by atoms with Crippen molar-refractivity contribution in [2.45, 2.75) is 26.2 Å². The number of rotatable bonds is 5. The molecule has 0 aliphatic heterocycles. The number of methoxy groups -OCH3 is 1. The molecule has 0 saturated heterocycles. The van der Waals surface area contributed by atoms with Crippen LogP contribution in [0.15, 0.2) is 18.2 Å². The fraction of sp³-hybridized carbons (Fsp3) is 0.500. The van der Waals surface area contributed by atoms with Crippen LogP contribution in [0.1, 0.15) is 25.0 Å². The predicted molar refractivity (Wildman–Crippen MR) is 74.5 cm³/mol. The molecule has 3 nitrogen and oxygen atoms in total. The highest BCUT2D eigenvalue weighted by Crippen LogP contribution is 2.27. The largest absolute Gasteiger partial charge is 0.496 e. The number of halogens is 1. The van der Waals surface area contributed by atoms with E-state index < -0.39 is 0 Å². The average Bonchev–Trinajstić information content (AvgIpc) is 2.35. The minimum Gasteiger partial charge on any atom is -0.496 e. The molecule has 1 rings (SSSR count). The molecule has 0 aliphatic carbocycles. The second-order valence-corrected chi connectivity index (χ2v) is 5.25. The lowest BCUT2D eigenvalue weighted by Crippen LogP contribution is -2.37. The van der Waals surface area contributed by atoms with E-state index in [-0.39, 0.29) is 17.2 Å². The van der Waals surface area contributed by atoms with Crippen LogP contribution in [-0.2, 0) is 10.2 Å². The van der Waals surface area contributed by atoms with Gasteiger partial charge in [0.25, 0.3) is 0 Å². The van der Waals surface area contributed by atoms with Crippen LogP contribution in [0.3, 0.4) is 0 Å². The molecule has 0 spiro atoms. The molecule has 0 aromatic heterocycles. The Hall–Kier alpha value is -1.22. The van der Waals surface area contributed by atoms with Crippen LogP contribution >= 0.6 is 11.6 Å². The lowest BCUT2D eigenvalue weighted by Gasteiger charge is -2.26. The van der Waals surface area contributed by atoms with Gasteiger partial charge in [0, 0.05) is 12.0 Å². The van der Waals surface area contributed by atoms with Crippen LogP contribution in [0.5, 0.6) is 5.75 Å². The summed E-state index contributed by atoms with van der Waals surface area (Å²) in [6, 6.07) is 6.07. The van der Waals surface area contributed by atoms with Crippen molar-refractivity contribution < 1.29 is 9.53 Å². The van der Waals surface area contributed by atoms with Crippen molar-refractivity contribution in [1.82, 2.24) is 5.32 Å². The SMILES string of the molecule is COc1ccc(C(C)(C)CNC(=O)CCl)cc1C. The number of amides is 1. The third-order valence-electron chi connectivity index (χ3n) is 3.03. The standard InChI is InChI=1S/C14H20ClNO2/c1-10-7-11(5-6-12(10)18-4)14(2,3)9-16-13(17)8-15/h5-7H,8-9H2,1-4H3,(H,16,17). The Balaban J connectivity index is 2.84. The molecule has 4 heteroatoms. The third-order valence-corrected chi connectivity index (χ3v) is 3.27. The number of alkyl halides is 1. The number of hydrogen-bond acceptors (Lipinski definition) is 2. The molecule has 0 aliphatic rings. The van der Waals surface area contributed by atoms with Gasteiger partial charge in [0.1, 0.15) is 11.6 Å². The van der Waals surface area contributed by atoms with E-state index in [1.807, 2.05) is 19.1 Å². The Morgan fingerprint density at radius 1 is 1.44 bits per heavy atom. The fourth-order valence-electron chi connectivity index (χ4n) is 1.77. The Morgan fingerprint density at radius 2 is 2.11 bits per heavy atom. The Labute approximate surface area is 113 Å². The van der Waals surface area contributed by atoms with E-state index in [0.29, 0.717) is 6.54 Å². The maximum Gasteiger partial charge on any atom is 0.234 e. The Kier molecular flexibility index (Phi) is 5.03. The molecule has 0 saturated carbocycles. The highest BCUT2D eigenvalue weighted by Gasteiger charge is 2.22. The molecule has 100 valence electrons. The Bertz CT molecular complexity index is 430. The molecule has 1 N–H and O–H groups in total. The van der Waals surface area contributed by atoms with Crippen molar-refractivity contribution >= 4 is 17.5 Å². The molecule has 0 bridgehead atoms. The average molecular weight is 270 g/mol. The summed E-state index contributed by atoms with van der Waals surface area (Å²) in [5.41, 5.74) is 2.11. The van der Waals surface area contributed by atoms with E-state index in [4.69, 9.17) is 16.3 Å². The van der Waals surface area contributed by atoms with E-state index in [9.17, 15) is 4.79 Å².